The van der Waals surface area contributed by atoms with Gasteiger partial charge in [-0.1, -0.05) is 45.7 Å². The van der Waals surface area contributed by atoms with Crippen LogP contribution in [0.1, 0.15) is 273 Å². The van der Waals surface area contributed by atoms with Crippen LogP contribution in [-0.4, -0.2) is 120 Å². The number of hydrogen-bond donors (Lipinski definition) is 0. The van der Waals surface area contributed by atoms with Gasteiger partial charge in [-0.25, -0.2) is 24.0 Å². The van der Waals surface area contributed by atoms with Crippen molar-refractivity contribution < 1.29 is 95.3 Å². The number of ether oxygens (including phenoxy) is 10. The second-order valence-corrected chi connectivity index (χ2v) is 26.9. The summed E-state index contributed by atoms with van der Waals surface area (Å²) in [5.74, 6) is -3.50. The van der Waals surface area contributed by atoms with E-state index in [0.717, 1.165) is 186 Å². The second-order valence-electron chi connectivity index (χ2n) is 26.9. The Hall–Kier alpha value is -6.60. The van der Waals surface area contributed by atoms with E-state index in [1.165, 1.54) is 20.6 Å². The summed E-state index contributed by atoms with van der Waals surface area (Å²) in [4.78, 5) is 117. The Labute approximate surface area is 547 Å². The molecule has 7 aliphatic carbocycles. The maximum atomic E-state index is 12.2. The number of carbonyl (C=O) groups is 10. The zero-order valence-electron chi connectivity index (χ0n) is 57.2. The smallest absolute Gasteiger partial charge is 0.333 e. The lowest BCUT2D eigenvalue weighted by Gasteiger charge is -2.35. The van der Waals surface area contributed by atoms with E-state index in [1.54, 1.807) is 48.5 Å². The van der Waals surface area contributed by atoms with E-state index >= 15 is 0 Å². The molecule has 518 valence electrons. The van der Waals surface area contributed by atoms with E-state index in [0.29, 0.717) is 27.9 Å². The molecule has 0 N–H and O–H groups in total. The zero-order chi connectivity index (χ0) is 68.7. The summed E-state index contributed by atoms with van der Waals surface area (Å²) >= 11 is 0. The zero-order valence-corrected chi connectivity index (χ0v) is 57.2. The molecular weight excluding hydrogens is 1180 g/mol. The van der Waals surface area contributed by atoms with Crippen LogP contribution in [0.5, 0.6) is 0 Å². The molecule has 0 atom stereocenters. The van der Waals surface area contributed by atoms with E-state index < -0.39 is 57.9 Å². The summed E-state index contributed by atoms with van der Waals surface area (Å²) in [5, 5.41) is 0. The van der Waals surface area contributed by atoms with Gasteiger partial charge < -0.3 is 47.4 Å². The van der Waals surface area contributed by atoms with Crippen LogP contribution in [0.2, 0.25) is 0 Å². The van der Waals surface area contributed by atoms with E-state index in [9.17, 15) is 47.9 Å². The van der Waals surface area contributed by atoms with Crippen LogP contribution in [-0.2, 0) is 95.3 Å². The van der Waals surface area contributed by atoms with Crippen molar-refractivity contribution >= 4 is 59.7 Å². The average Bonchev–Trinajstić information content (AvgIpc) is 1.57. The van der Waals surface area contributed by atoms with E-state index in [1.807, 2.05) is 0 Å². The monoisotopic (exact) mass is 1290 g/mol. The first-order chi connectivity index (χ1) is 43.3. The van der Waals surface area contributed by atoms with Crippen molar-refractivity contribution in [3.8, 4) is 0 Å². The molecule has 0 saturated heterocycles. The summed E-state index contributed by atoms with van der Waals surface area (Å²) in [5.41, 5.74) is -1.52. The molecule has 0 unspecified atom stereocenters. The van der Waals surface area contributed by atoms with E-state index in [2.05, 4.69) is 42.4 Å². The Morgan fingerprint density at radius 1 is 0.315 bits per heavy atom. The molecule has 0 aromatic heterocycles. The highest BCUT2D eigenvalue weighted by Gasteiger charge is 2.45. The van der Waals surface area contributed by atoms with Crippen molar-refractivity contribution in [1.82, 2.24) is 0 Å². The maximum Gasteiger partial charge on any atom is 0.333 e. The molecule has 0 spiro atoms. The highest BCUT2D eigenvalue weighted by Crippen LogP contribution is 2.41. The van der Waals surface area contributed by atoms with Crippen molar-refractivity contribution in [2.75, 3.05) is 14.2 Å². The Balaban J connectivity index is 0.000000301. The highest BCUT2D eigenvalue weighted by atomic mass is 16.6. The fourth-order valence-corrected chi connectivity index (χ4v) is 12.7. The minimum absolute atomic E-state index is 0.0570. The number of esters is 10. The van der Waals surface area contributed by atoms with Gasteiger partial charge in [0.2, 0.25) is 0 Å². The van der Waals surface area contributed by atoms with Gasteiger partial charge in [0.25, 0.3) is 0 Å². The molecule has 7 saturated carbocycles. The van der Waals surface area contributed by atoms with Crippen LogP contribution in [0.4, 0.5) is 0 Å². The molecule has 0 amide bonds. The molecular formula is C72H110O20. The first kappa shape index (κ1) is 79.6. The van der Waals surface area contributed by atoms with Crippen molar-refractivity contribution in [3.63, 3.8) is 0 Å². The molecule has 20 nitrogen and oxygen atoms in total. The molecule has 0 aromatic carbocycles. The van der Waals surface area contributed by atoms with Gasteiger partial charge in [0.1, 0.15) is 40.2 Å². The van der Waals surface area contributed by atoms with Crippen LogP contribution in [0.25, 0.3) is 0 Å². The first-order valence-corrected chi connectivity index (χ1v) is 33.5. The molecule has 92 heavy (non-hydrogen) atoms. The Bertz CT molecular complexity index is 2550. The minimum Gasteiger partial charge on any atom is -0.469 e. The molecule has 20 heteroatoms. The topological polar surface area (TPSA) is 263 Å². The number of carbonyl (C=O) groups excluding carboxylic acids is 10. The Kier molecular flexibility index (Phi) is 33.9. The van der Waals surface area contributed by atoms with Gasteiger partial charge in [-0.05, 0) is 228 Å². The first-order valence-electron chi connectivity index (χ1n) is 33.5. The van der Waals surface area contributed by atoms with Gasteiger partial charge in [0.05, 0.1) is 52.4 Å². The third-order valence-corrected chi connectivity index (χ3v) is 17.7. The summed E-state index contributed by atoms with van der Waals surface area (Å²) < 4.78 is 53.0. The lowest BCUT2D eigenvalue weighted by molar-refractivity contribution is -0.167. The van der Waals surface area contributed by atoms with Crippen molar-refractivity contribution in [2.24, 2.45) is 0 Å². The van der Waals surface area contributed by atoms with Crippen LogP contribution >= 0.6 is 0 Å². The number of hydrogen-bond acceptors (Lipinski definition) is 20. The van der Waals surface area contributed by atoms with Crippen LogP contribution < -0.4 is 0 Å². The number of methoxy groups -OCH3 is 2. The van der Waals surface area contributed by atoms with Crippen molar-refractivity contribution in [2.45, 2.75) is 320 Å². The fraction of sp³-hybridized carbons (Fsp3) is 0.722. The van der Waals surface area contributed by atoms with Crippen molar-refractivity contribution in [1.29, 1.82) is 0 Å². The van der Waals surface area contributed by atoms with Crippen LogP contribution in [0.15, 0.2) is 60.8 Å². The SMILES string of the molecule is C=C(C)C(=O)OC1(CC(=O)OC(C)C)CCCC1.C=C(C)C(=O)OC1(CC(=O)OC)CCCC1.C=C(C)C(=O)OC1(CC(=O)OC)CCCCC1.C=C(C)C(=O)OC1(CC(=O)OC2CCCC2)CCCC1.C=C(C)C(=O)OC1(CC(=O)OC2CCCCC2)CCCC1. The molecule has 0 heterocycles. The second kappa shape index (κ2) is 39.2. The van der Waals surface area contributed by atoms with Gasteiger partial charge in [0.15, 0.2) is 0 Å². The largest absolute Gasteiger partial charge is 0.469 e. The summed E-state index contributed by atoms with van der Waals surface area (Å²) in [6, 6.07) is 0. The maximum absolute atomic E-state index is 12.2. The van der Waals surface area contributed by atoms with Gasteiger partial charge in [-0.15, -0.1) is 0 Å². The van der Waals surface area contributed by atoms with E-state index in [4.69, 9.17) is 37.9 Å². The molecule has 7 fully saturated rings. The normalized spacial score (nSPS) is 19.6. The quantitative estimate of drug-likeness (QED) is 0.0523. The van der Waals surface area contributed by atoms with Gasteiger partial charge in [-0.2, -0.15) is 0 Å². The Morgan fingerprint density at radius 2 is 0.511 bits per heavy atom. The fourth-order valence-electron chi connectivity index (χ4n) is 12.7. The predicted octanol–water partition coefficient (Wildman–Crippen LogP) is 14.1. The number of rotatable bonds is 23. The van der Waals surface area contributed by atoms with Gasteiger partial charge >= 0.3 is 59.7 Å². The van der Waals surface area contributed by atoms with Crippen LogP contribution in [0, 0.1) is 0 Å². The van der Waals surface area contributed by atoms with Crippen molar-refractivity contribution in [3.05, 3.63) is 60.8 Å². The molecule has 0 bridgehead atoms. The van der Waals surface area contributed by atoms with E-state index in [-0.39, 0.29) is 80.3 Å². The van der Waals surface area contributed by atoms with Crippen LogP contribution in [0.3, 0.4) is 0 Å². The molecule has 7 rings (SSSR count). The highest BCUT2D eigenvalue weighted by molar-refractivity contribution is 5.90. The molecule has 7 aliphatic rings. The molecule has 0 radical (unpaired) electrons. The lowest BCUT2D eigenvalue weighted by atomic mass is 9.82. The lowest BCUT2D eigenvalue weighted by Crippen LogP contribution is -2.40. The van der Waals surface area contributed by atoms with Gasteiger partial charge in [-0.3, -0.25) is 24.0 Å². The molecule has 0 aromatic rings. The summed E-state index contributed by atoms with van der Waals surface area (Å²) in [6.07, 6.45) is 28.6. The third kappa shape index (κ3) is 28.7. The summed E-state index contributed by atoms with van der Waals surface area (Å²) in [7, 11) is 2.69. The summed E-state index contributed by atoms with van der Waals surface area (Å²) in [6.45, 7) is 29.6. The third-order valence-electron chi connectivity index (χ3n) is 17.7. The van der Waals surface area contributed by atoms with Gasteiger partial charge in [0, 0.05) is 27.9 Å². The average molecular weight is 1300 g/mol. The Morgan fingerprint density at radius 3 is 0.728 bits per heavy atom. The minimum atomic E-state index is -0.679. The predicted molar refractivity (Wildman–Crippen MR) is 345 cm³/mol. The standard InChI is InChI=1S/C17H26O4.C16H24O4.C14H22O4.C13H20O4.C12H18O4/c1-13(2)16(19)21-17(10-6-7-11-17)12-15(18)20-14-8-4-3-5-9-14;1-12(2)15(18)20-16(9-5-6-10-16)11-14(17)19-13-7-3-4-8-13;1-10(2)13(16)18-14(7-5-6-8-14)9-12(15)17-11(3)4;1-10(2)12(15)17-13(9-11(14)16-3)7-5-4-6-8-13;1-9(2)11(14)16-12(6-4-5-7-12)8-10(13)15-3/h14H,1,3-12H2,2H3;13H,1,3-11H2,2H3;11H,1,5-9H2,2-4H3;1,4-9H2,2-3H3;1,4-8H2,2-3H3. The molecule has 0 aliphatic heterocycles.